The quantitative estimate of drug-likeness (QED) is 0.549. The minimum Gasteiger partial charge on any atom is -0.493 e. The van der Waals surface area contributed by atoms with Crippen LogP contribution in [0.3, 0.4) is 0 Å². The maximum atomic E-state index is 13.3. The Balaban J connectivity index is 1.52. The van der Waals surface area contributed by atoms with Gasteiger partial charge in [-0.15, -0.1) is 0 Å². The van der Waals surface area contributed by atoms with Gasteiger partial charge in [-0.1, -0.05) is 0 Å². The summed E-state index contributed by atoms with van der Waals surface area (Å²) in [5, 5.41) is 0. The fraction of sp³-hybridized carbons (Fsp3) is 0.519. The van der Waals surface area contributed by atoms with E-state index in [1.54, 1.807) is 21.3 Å². The van der Waals surface area contributed by atoms with Gasteiger partial charge >= 0.3 is 5.97 Å². The second-order valence-corrected chi connectivity index (χ2v) is 9.44. The van der Waals surface area contributed by atoms with Crippen molar-refractivity contribution in [2.24, 2.45) is 11.8 Å². The van der Waals surface area contributed by atoms with Crippen molar-refractivity contribution in [3.05, 3.63) is 41.0 Å². The molecule has 3 heterocycles. The lowest BCUT2D eigenvalue weighted by atomic mass is 9.66. The van der Waals surface area contributed by atoms with Crippen LogP contribution in [0.5, 0.6) is 28.7 Å². The molecule has 2 fully saturated rings. The third kappa shape index (κ3) is 3.72. The smallest absolute Gasteiger partial charge is 0.310 e. The van der Waals surface area contributed by atoms with Crippen molar-refractivity contribution >= 4 is 5.97 Å². The van der Waals surface area contributed by atoms with Gasteiger partial charge in [0.05, 0.1) is 40.0 Å². The number of rotatable bonds is 6. The molecule has 0 bridgehead atoms. The van der Waals surface area contributed by atoms with Gasteiger partial charge in [0.25, 0.3) is 0 Å². The first kappa shape index (κ1) is 23.2. The third-order valence-corrected chi connectivity index (χ3v) is 7.60. The van der Waals surface area contributed by atoms with Crippen molar-refractivity contribution in [1.82, 2.24) is 0 Å². The summed E-state index contributed by atoms with van der Waals surface area (Å²) in [7, 11) is 4.72. The normalized spacial score (nSPS) is 28.2. The molecule has 0 unspecified atom stereocenters. The largest absolute Gasteiger partial charge is 0.493 e. The summed E-state index contributed by atoms with van der Waals surface area (Å²) in [6.45, 7) is 1.10. The molecule has 192 valence electrons. The summed E-state index contributed by atoms with van der Waals surface area (Å²) in [5.74, 6) is 1.59. The number of esters is 1. The molecule has 5 atom stereocenters. The number of benzene rings is 2. The molecule has 9 nitrogen and oxygen atoms in total. The Hall–Kier alpha value is -3.17. The first-order valence-electron chi connectivity index (χ1n) is 12.3. The highest BCUT2D eigenvalue weighted by molar-refractivity contribution is 5.79. The minimum absolute atomic E-state index is 0.152. The summed E-state index contributed by atoms with van der Waals surface area (Å²) < 4.78 is 46.4. The molecule has 2 saturated heterocycles. The molecule has 4 aliphatic rings. The first-order valence-corrected chi connectivity index (χ1v) is 12.3. The predicted octanol–water partition coefficient (Wildman–Crippen LogP) is 3.96. The van der Waals surface area contributed by atoms with Crippen molar-refractivity contribution in [3.8, 4) is 28.7 Å². The average molecular weight is 499 g/mol. The Morgan fingerprint density at radius 2 is 1.58 bits per heavy atom. The average Bonchev–Trinajstić information content (AvgIpc) is 3.53. The Kier molecular flexibility index (Phi) is 6.05. The molecular weight excluding hydrogens is 468 g/mol. The Bertz CT molecular complexity index is 1130. The molecule has 0 spiro atoms. The van der Waals surface area contributed by atoms with Gasteiger partial charge in [-0.2, -0.15) is 0 Å². The number of methoxy groups -OCH3 is 3. The fourth-order valence-electron chi connectivity index (χ4n) is 5.95. The summed E-state index contributed by atoms with van der Waals surface area (Å²) >= 11 is 0. The van der Waals surface area contributed by atoms with Gasteiger partial charge in [-0.3, -0.25) is 4.79 Å². The lowest BCUT2D eigenvalue weighted by molar-refractivity contribution is -0.205. The van der Waals surface area contributed by atoms with E-state index in [2.05, 4.69) is 0 Å². The molecule has 3 aliphatic heterocycles. The number of hydrogen-bond acceptors (Lipinski definition) is 9. The van der Waals surface area contributed by atoms with Crippen LogP contribution in [0.1, 0.15) is 48.0 Å². The van der Waals surface area contributed by atoms with E-state index >= 15 is 0 Å². The van der Waals surface area contributed by atoms with Crippen molar-refractivity contribution < 1.29 is 42.7 Å². The molecule has 36 heavy (non-hydrogen) atoms. The highest BCUT2D eigenvalue weighted by atomic mass is 16.7. The summed E-state index contributed by atoms with van der Waals surface area (Å²) in [6, 6.07) is 7.74. The highest BCUT2D eigenvalue weighted by Gasteiger charge is 2.53. The predicted molar refractivity (Wildman–Crippen MR) is 126 cm³/mol. The molecule has 0 saturated carbocycles. The topological polar surface area (TPSA) is 90.9 Å². The molecule has 0 aromatic heterocycles. The third-order valence-electron chi connectivity index (χ3n) is 7.60. The van der Waals surface area contributed by atoms with E-state index in [0.29, 0.717) is 35.4 Å². The molecule has 2 aromatic rings. The first-order chi connectivity index (χ1) is 17.6. The zero-order valence-corrected chi connectivity index (χ0v) is 20.6. The van der Waals surface area contributed by atoms with Crippen LogP contribution in [0.2, 0.25) is 0 Å². The SMILES string of the molecule is COc1cc([C@H]2c3cc4c(cc3[C@@H](O[C@@H]3CCCCO3)[C@H]3COC(=O)[C@H]23)OCO4)cc(OC)c1OC. The zero-order chi connectivity index (χ0) is 24.8. The molecular formula is C27H30O9. The van der Waals surface area contributed by atoms with Crippen LogP contribution in [-0.4, -0.2) is 53.6 Å². The maximum absolute atomic E-state index is 13.3. The molecule has 2 aromatic carbocycles. The summed E-state index contributed by atoms with van der Waals surface area (Å²) in [4.78, 5) is 13.3. The van der Waals surface area contributed by atoms with Gasteiger partial charge in [-0.25, -0.2) is 0 Å². The van der Waals surface area contributed by atoms with Crippen LogP contribution in [0, 0.1) is 11.8 Å². The van der Waals surface area contributed by atoms with Crippen LogP contribution >= 0.6 is 0 Å². The van der Waals surface area contributed by atoms with Crippen LogP contribution in [0.15, 0.2) is 24.3 Å². The maximum Gasteiger partial charge on any atom is 0.310 e. The van der Waals surface area contributed by atoms with E-state index in [-0.39, 0.29) is 43.6 Å². The molecule has 1 aliphatic carbocycles. The van der Waals surface area contributed by atoms with Crippen molar-refractivity contribution in [2.75, 3.05) is 41.3 Å². The van der Waals surface area contributed by atoms with Crippen molar-refractivity contribution in [3.63, 3.8) is 0 Å². The van der Waals surface area contributed by atoms with Gasteiger partial charge < -0.3 is 37.9 Å². The van der Waals surface area contributed by atoms with E-state index in [9.17, 15) is 4.79 Å². The van der Waals surface area contributed by atoms with Gasteiger partial charge in [-0.05, 0) is 60.2 Å². The molecule has 0 amide bonds. The zero-order valence-electron chi connectivity index (χ0n) is 20.6. The number of carbonyl (C=O) groups excluding carboxylic acids is 1. The van der Waals surface area contributed by atoms with E-state index < -0.39 is 5.92 Å². The number of ether oxygens (including phenoxy) is 8. The van der Waals surface area contributed by atoms with Crippen LogP contribution in [0.25, 0.3) is 0 Å². The Morgan fingerprint density at radius 3 is 2.22 bits per heavy atom. The van der Waals surface area contributed by atoms with Crippen LogP contribution in [-0.2, 0) is 19.0 Å². The minimum atomic E-state index is -0.464. The second kappa shape index (κ2) is 9.37. The van der Waals surface area contributed by atoms with E-state index in [1.807, 2.05) is 24.3 Å². The lowest BCUT2D eigenvalue weighted by Gasteiger charge is -2.40. The van der Waals surface area contributed by atoms with E-state index in [0.717, 1.165) is 36.0 Å². The van der Waals surface area contributed by atoms with Crippen molar-refractivity contribution in [2.45, 2.75) is 37.6 Å². The Morgan fingerprint density at radius 1 is 0.861 bits per heavy atom. The molecule has 6 rings (SSSR count). The van der Waals surface area contributed by atoms with Gasteiger partial charge in [0.2, 0.25) is 12.5 Å². The molecule has 9 heteroatoms. The van der Waals surface area contributed by atoms with E-state index in [1.165, 1.54) is 0 Å². The molecule has 0 N–H and O–H groups in total. The lowest BCUT2D eigenvalue weighted by Crippen LogP contribution is -2.38. The van der Waals surface area contributed by atoms with Gasteiger partial charge in [0.15, 0.2) is 29.3 Å². The van der Waals surface area contributed by atoms with Crippen LogP contribution in [0.4, 0.5) is 0 Å². The fourth-order valence-corrected chi connectivity index (χ4v) is 5.95. The second-order valence-electron chi connectivity index (χ2n) is 9.44. The van der Waals surface area contributed by atoms with Crippen LogP contribution < -0.4 is 23.7 Å². The number of fused-ring (bicyclic) bond motifs is 3. The number of hydrogen-bond donors (Lipinski definition) is 0. The Labute approximate surface area is 209 Å². The van der Waals surface area contributed by atoms with E-state index in [4.69, 9.17) is 37.9 Å². The molecule has 0 radical (unpaired) electrons. The standard InChI is InChI=1S/C27H30O9/c1-29-20-8-14(9-21(30-2)26(20)31-3)23-15-10-18-19(35-13-34-18)11-16(15)25(17-12-33-27(28)24(17)23)36-22-6-4-5-7-32-22/h8-11,17,22-25H,4-7,12-13H2,1-3H3/t17-,22+,23-,24-,25+/m0/s1. The van der Waals surface area contributed by atoms with Gasteiger partial charge in [0.1, 0.15) is 0 Å². The van der Waals surface area contributed by atoms with Crippen molar-refractivity contribution in [1.29, 1.82) is 0 Å². The summed E-state index contributed by atoms with van der Waals surface area (Å²) in [5.41, 5.74) is 2.73. The monoisotopic (exact) mass is 498 g/mol. The number of cyclic esters (lactones) is 1. The van der Waals surface area contributed by atoms with Gasteiger partial charge in [0, 0.05) is 18.4 Å². The number of carbonyl (C=O) groups is 1. The highest BCUT2D eigenvalue weighted by Crippen LogP contribution is 2.56. The summed E-state index contributed by atoms with van der Waals surface area (Å²) in [6.07, 6.45) is 2.18.